The molecule has 0 aliphatic heterocycles. The van der Waals surface area contributed by atoms with Crippen LogP contribution >= 0.6 is 0 Å². The van der Waals surface area contributed by atoms with Crippen LogP contribution in [0.3, 0.4) is 0 Å². The fraction of sp³-hybridized carbons (Fsp3) is 0.400. The van der Waals surface area contributed by atoms with Crippen molar-refractivity contribution in [3.8, 4) is 11.8 Å². The second kappa shape index (κ2) is 5.70. The van der Waals surface area contributed by atoms with Crippen LogP contribution in [-0.4, -0.2) is 23.7 Å². The number of rotatable bonds is 2. The van der Waals surface area contributed by atoms with Crippen LogP contribution in [0.25, 0.3) is 0 Å². The van der Waals surface area contributed by atoms with Crippen LogP contribution in [0.5, 0.6) is 0 Å². The van der Waals surface area contributed by atoms with Crippen LogP contribution in [0.4, 0.5) is 0 Å². The maximum absolute atomic E-state index is 12.1. The summed E-state index contributed by atoms with van der Waals surface area (Å²) in [5, 5.41) is 11.7. The smallest absolute Gasteiger partial charge is 0.252 e. The topological polar surface area (TPSA) is 49.3 Å². The van der Waals surface area contributed by atoms with Crippen molar-refractivity contribution < 1.29 is 9.90 Å². The van der Waals surface area contributed by atoms with Gasteiger partial charge in [-0.1, -0.05) is 17.9 Å². The Morgan fingerprint density at radius 2 is 2.28 bits per heavy atom. The number of hydrogen-bond acceptors (Lipinski definition) is 2. The Bertz CT molecular complexity index is 507. The lowest BCUT2D eigenvalue weighted by Crippen LogP contribution is -2.39. The van der Waals surface area contributed by atoms with Crippen LogP contribution in [0, 0.1) is 18.8 Å². The lowest BCUT2D eigenvalue weighted by atomic mass is 9.92. The van der Waals surface area contributed by atoms with Crippen LogP contribution < -0.4 is 5.32 Å². The summed E-state index contributed by atoms with van der Waals surface area (Å²) in [5.41, 5.74) is 2.33. The van der Waals surface area contributed by atoms with E-state index in [0.29, 0.717) is 17.2 Å². The van der Waals surface area contributed by atoms with E-state index in [1.165, 1.54) is 6.42 Å². The van der Waals surface area contributed by atoms with Crippen molar-refractivity contribution in [2.24, 2.45) is 0 Å². The summed E-state index contributed by atoms with van der Waals surface area (Å²) in [6.45, 7) is 1.76. The molecule has 1 aromatic rings. The highest BCUT2D eigenvalue weighted by molar-refractivity contribution is 5.97. The average molecular weight is 243 g/mol. The third kappa shape index (κ3) is 2.91. The van der Waals surface area contributed by atoms with Crippen LogP contribution in [0.15, 0.2) is 18.2 Å². The number of aryl methyl sites for hydroxylation is 1. The Labute approximate surface area is 107 Å². The highest BCUT2D eigenvalue weighted by Gasteiger charge is 2.21. The second-order valence-electron chi connectivity index (χ2n) is 4.61. The molecule has 0 spiro atoms. The van der Waals surface area contributed by atoms with Gasteiger partial charge in [-0.25, -0.2) is 0 Å². The number of carbonyl (C=O) groups is 1. The number of hydrogen-bond donors (Lipinski definition) is 2. The molecule has 0 aromatic heterocycles. The molecule has 1 aliphatic rings. The monoisotopic (exact) mass is 243 g/mol. The van der Waals surface area contributed by atoms with Crippen molar-refractivity contribution in [3.05, 3.63) is 34.9 Å². The molecular formula is C15H17NO2. The second-order valence-corrected chi connectivity index (χ2v) is 4.61. The van der Waals surface area contributed by atoms with Crippen molar-refractivity contribution in [3.63, 3.8) is 0 Å². The van der Waals surface area contributed by atoms with Crippen LogP contribution in [-0.2, 0) is 0 Å². The number of carbonyl (C=O) groups excluding carboxylic acids is 1. The molecule has 1 aromatic carbocycles. The Balaban J connectivity index is 2.21. The van der Waals surface area contributed by atoms with Crippen molar-refractivity contribution in [2.75, 3.05) is 6.61 Å². The molecule has 1 aliphatic carbocycles. The maximum Gasteiger partial charge on any atom is 0.252 e. The van der Waals surface area contributed by atoms with Crippen LogP contribution in [0.2, 0.25) is 0 Å². The molecule has 0 saturated heterocycles. The highest BCUT2D eigenvalue weighted by Crippen LogP contribution is 2.19. The van der Waals surface area contributed by atoms with Gasteiger partial charge in [-0.15, -0.1) is 0 Å². The first-order chi connectivity index (χ1) is 8.70. The Morgan fingerprint density at radius 3 is 2.89 bits per heavy atom. The minimum absolute atomic E-state index is 0.0676. The Morgan fingerprint density at radius 1 is 1.50 bits per heavy atom. The molecule has 1 fully saturated rings. The summed E-state index contributed by atoms with van der Waals surface area (Å²) < 4.78 is 0. The fourth-order valence-electron chi connectivity index (χ4n) is 1.91. The molecule has 0 unspecified atom stereocenters. The van der Waals surface area contributed by atoms with E-state index in [2.05, 4.69) is 17.2 Å². The van der Waals surface area contributed by atoms with Gasteiger partial charge >= 0.3 is 0 Å². The minimum atomic E-state index is -0.197. The Hall–Kier alpha value is -1.79. The molecule has 0 radical (unpaired) electrons. The highest BCUT2D eigenvalue weighted by atomic mass is 16.2. The lowest BCUT2D eigenvalue weighted by molar-refractivity contribution is 0.0916. The molecule has 0 bridgehead atoms. The number of nitrogens with one attached hydrogen (secondary N) is 1. The third-order valence-corrected chi connectivity index (χ3v) is 3.16. The first-order valence-electron chi connectivity index (χ1n) is 6.22. The van der Waals surface area contributed by atoms with E-state index in [0.717, 1.165) is 18.4 Å². The van der Waals surface area contributed by atoms with Crippen molar-refractivity contribution >= 4 is 5.91 Å². The largest absolute Gasteiger partial charge is 0.384 e. The molecule has 2 N–H and O–H groups in total. The maximum atomic E-state index is 12.1. The van der Waals surface area contributed by atoms with Gasteiger partial charge in [0.2, 0.25) is 0 Å². The van der Waals surface area contributed by atoms with E-state index in [-0.39, 0.29) is 12.5 Å². The number of benzene rings is 1. The van der Waals surface area contributed by atoms with E-state index in [1.807, 2.05) is 19.1 Å². The first-order valence-corrected chi connectivity index (χ1v) is 6.22. The van der Waals surface area contributed by atoms with Gasteiger partial charge in [0.15, 0.2) is 0 Å². The normalized spacial score (nSPS) is 14.3. The van der Waals surface area contributed by atoms with Crippen molar-refractivity contribution in [2.45, 2.75) is 32.2 Å². The summed E-state index contributed by atoms with van der Waals surface area (Å²) >= 11 is 0. The van der Waals surface area contributed by atoms with E-state index >= 15 is 0 Å². The van der Waals surface area contributed by atoms with Crippen LogP contribution in [0.1, 0.15) is 40.7 Å². The van der Waals surface area contributed by atoms with Gasteiger partial charge in [-0.2, -0.15) is 0 Å². The third-order valence-electron chi connectivity index (χ3n) is 3.16. The molecule has 3 heteroatoms. The zero-order valence-corrected chi connectivity index (χ0v) is 10.5. The van der Waals surface area contributed by atoms with E-state index in [1.54, 1.807) is 6.07 Å². The fourth-order valence-corrected chi connectivity index (χ4v) is 1.91. The molecular weight excluding hydrogens is 226 g/mol. The molecule has 18 heavy (non-hydrogen) atoms. The summed E-state index contributed by atoms with van der Waals surface area (Å²) in [4.78, 5) is 12.1. The summed E-state index contributed by atoms with van der Waals surface area (Å²) in [6.07, 6.45) is 3.32. The number of aliphatic hydroxyl groups excluding tert-OH is 1. The van der Waals surface area contributed by atoms with Gasteiger partial charge in [0.1, 0.15) is 6.61 Å². The number of amides is 1. The molecule has 3 nitrogen and oxygen atoms in total. The van der Waals surface area contributed by atoms with E-state index in [4.69, 9.17) is 5.11 Å². The first kappa shape index (κ1) is 12.7. The summed E-state index contributed by atoms with van der Waals surface area (Å²) in [5.74, 6) is 5.36. The lowest BCUT2D eigenvalue weighted by Gasteiger charge is -2.26. The predicted molar refractivity (Wildman–Crippen MR) is 70.2 cm³/mol. The van der Waals surface area contributed by atoms with Gasteiger partial charge in [-0.05, 0) is 43.9 Å². The van der Waals surface area contributed by atoms with Gasteiger partial charge in [0.25, 0.3) is 5.91 Å². The number of aliphatic hydroxyl groups is 1. The van der Waals surface area contributed by atoms with Gasteiger partial charge in [-0.3, -0.25) is 4.79 Å². The zero-order valence-electron chi connectivity index (χ0n) is 10.5. The van der Waals surface area contributed by atoms with Crippen molar-refractivity contribution in [1.82, 2.24) is 5.32 Å². The molecule has 94 valence electrons. The molecule has 1 saturated carbocycles. The Kier molecular flexibility index (Phi) is 4.01. The molecule has 0 heterocycles. The quantitative estimate of drug-likeness (QED) is 0.775. The SMILES string of the molecule is Cc1ccc(C(=O)NC2CCC2)c(C#CCO)c1. The standard InChI is InChI=1S/C15H17NO2/c1-11-7-8-14(12(10-11)4-3-9-17)15(18)16-13-5-2-6-13/h7-8,10,13,17H,2,5-6,9H2,1H3,(H,16,18). The predicted octanol–water partition coefficient (Wildman–Crippen LogP) is 1.62. The van der Waals surface area contributed by atoms with Gasteiger partial charge in [0, 0.05) is 11.6 Å². The molecule has 0 atom stereocenters. The minimum Gasteiger partial charge on any atom is -0.384 e. The molecule has 1 amide bonds. The van der Waals surface area contributed by atoms with Crippen molar-refractivity contribution in [1.29, 1.82) is 0 Å². The average Bonchev–Trinajstić information content (AvgIpc) is 2.31. The summed E-state index contributed by atoms with van der Waals surface area (Å²) in [7, 11) is 0. The zero-order chi connectivity index (χ0) is 13.0. The van der Waals surface area contributed by atoms with E-state index in [9.17, 15) is 4.79 Å². The van der Waals surface area contributed by atoms with Gasteiger partial charge < -0.3 is 10.4 Å². The summed E-state index contributed by atoms with van der Waals surface area (Å²) in [6, 6.07) is 5.89. The molecule has 2 rings (SSSR count). The van der Waals surface area contributed by atoms with E-state index < -0.39 is 0 Å². The van der Waals surface area contributed by atoms with Gasteiger partial charge in [0.05, 0.1) is 5.56 Å².